The van der Waals surface area contributed by atoms with Gasteiger partial charge in [-0.15, -0.1) is 24.2 Å². The Labute approximate surface area is 210 Å². The summed E-state index contributed by atoms with van der Waals surface area (Å²) in [6.45, 7) is 9.55. The number of rotatable bonds is 11. The number of hydrogen-bond acceptors (Lipinski definition) is 7. The Morgan fingerprint density at radius 3 is 2.30 bits per heavy atom. The van der Waals surface area contributed by atoms with Gasteiger partial charge in [-0.2, -0.15) is 0 Å². The molecule has 0 atom stereocenters. The molecular formula is C24H32ClN3O3S2. The second-order valence-electron chi connectivity index (χ2n) is 7.06. The van der Waals surface area contributed by atoms with Crippen LogP contribution in [0.25, 0.3) is 10.2 Å². The predicted molar refractivity (Wildman–Crippen MR) is 142 cm³/mol. The molecule has 0 unspecified atom stereocenters. The first-order chi connectivity index (χ1) is 15.6. The molecule has 1 aromatic heterocycles. The van der Waals surface area contributed by atoms with E-state index < -0.39 is 0 Å². The monoisotopic (exact) mass is 509 g/mol. The van der Waals surface area contributed by atoms with E-state index in [9.17, 15) is 4.79 Å². The Morgan fingerprint density at radius 2 is 1.67 bits per heavy atom. The van der Waals surface area contributed by atoms with Crippen LogP contribution < -0.4 is 14.4 Å². The minimum absolute atomic E-state index is 0. The molecule has 0 aliphatic rings. The summed E-state index contributed by atoms with van der Waals surface area (Å²) in [4.78, 5) is 23.8. The van der Waals surface area contributed by atoms with E-state index in [-0.39, 0.29) is 18.3 Å². The lowest BCUT2D eigenvalue weighted by Crippen LogP contribution is -2.39. The standard InChI is InChI=1S/C24H31N3O3S2.ClH/c1-6-26(7-2)15-16-27(23(28)17-11-9-10-12-20(17)31-8-3)24-25-21-18(29-4)13-14-19(30-5)22(21)32-24;/h9-14H,6-8,15-16H2,1-5H3;1H. The summed E-state index contributed by atoms with van der Waals surface area (Å²) in [7, 11) is 3.27. The van der Waals surface area contributed by atoms with Crippen molar-refractivity contribution in [1.82, 2.24) is 9.88 Å². The minimum Gasteiger partial charge on any atom is -0.495 e. The molecule has 0 fully saturated rings. The lowest BCUT2D eigenvalue weighted by molar-refractivity contribution is 0.0981. The number of aromatic nitrogens is 1. The molecule has 0 bridgehead atoms. The molecule has 33 heavy (non-hydrogen) atoms. The van der Waals surface area contributed by atoms with Crippen molar-refractivity contribution in [2.75, 3.05) is 51.1 Å². The molecule has 0 spiro atoms. The normalized spacial score (nSPS) is 10.8. The number of benzene rings is 2. The van der Waals surface area contributed by atoms with E-state index in [1.54, 1.807) is 30.9 Å². The summed E-state index contributed by atoms with van der Waals surface area (Å²) in [5.41, 5.74) is 1.42. The van der Waals surface area contributed by atoms with Crippen molar-refractivity contribution in [1.29, 1.82) is 0 Å². The van der Waals surface area contributed by atoms with Crippen LogP contribution in [0.5, 0.6) is 11.5 Å². The SMILES string of the molecule is CCSc1ccccc1C(=O)N(CCN(CC)CC)c1nc2c(OC)ccc(OC)c2s1.Cl. The first-order valence-electron chi connectivity index (χ1n) is 10.8. The maximum absolute atomic E-state index is 13.8. The highest BCUT2D eigenvalue weighted by Gasteiger charge is 2.25. The molecule has 0 radical (unpaired) electrons. The second-order valence-corrected chi connectivity index (χ2v) is 9.34. The third-order valence-corrected chi connectivity index (χ3v) is 7.38. The molecule has 1 amide bonds. The van der Waals surface area contributed by atoms with Crippen molar-refractivity contribution in [3.8, 4) is 11.5 Å². The summed E-state index contributed by atoms with van der Waals surface area (Å²) >= 11 is 3.14. The average molecular weight is 510 g/mol. The average Bonchev–Trinajstić information content (AvgIpc) is 3.26. The first-order valence-corrected chi connectivity index (χ1v) is 12.7. The first kappa shape index (κ1) is 27.2. The van der Waals surface area contributed by atoms with E-state index in [2.05, 4.69) is 25.7 Å². The minimum atomic E-state index is -0.0364. The van der Waals surface area contributed by atoms with Crippen LogP contribution in [-0.4, -0.2) is 61.9 Å². The number of methoxy groups -OCH3 is 2. The highest BCUT2D eigenvalue weighted by atomic mass is 35.5. The number of anilines is 1. The number of likely N-dealkylation sites (N-methyl/N-ethyl adjacent to an activating group) is 1. The molecule has 3 rings (SSSR count). The van der Waals surface area contributed by atoms with Crippen molar-refractivity contribution < 1.29 is 14.3 Å². The maximum Gasteiger partial charge on any atom is 0.261 e. The number of hydrogen-bond donors (Lipinski definition) is 0. The van der Waals surface area contributed by atoms with Gasteiger partial charge in [0, 0.05) is 18.0 Å². The molecule has 2 aromatic carbocycles. The molecule has 1 heterocycles. The van der Waals surface area contributed by atoms with Gasteiger partial charge >= 0.3 is 0 Å². The summed E-state index contributed by atoms with van der Waals surface area (Å²) in [5.74, 6) is 2.26. The fourth-order valence-electron chi connectivity index (χ4n) is 3.53. The van der Waals surface area contributed by atoms with Crippen LogP contribution in [0.1, 0.15) is 31.1 Å². The van der Waals surface area contributed by atoms with Gasteiger partial charge in [0.1, 0.15) is 21.7 Å². The van der Waals surface area contributed by atoms with Crippen LogP contribution in [-0.2, 0) is 0 Å². The number of fused-ring (bicyclic) bond motifs is 1. The Balaban J connectivity index is 0.00000385. The zero-order chi connectivity index (χ0) is 23.1. The molecule has 0 aliphatic carbocycles. The Morgan fingerprint density at radius 1 is 1.00 bits per heavy atom. The lowest BCUT2D eigenvalue weighted by atomic mass is 10.2. The summed E-state index contributed by atoms with van der Waals surface area (Å²) < 4.78 is 11.9. The fourth-order valence-corrected chi connectivity index (χ4v) is 5.42. The van der Waals surface area contributed by atoms with Gasteiger partial charge in [0.25, 0.3) is 5.91 Å². The van der Waals surface area contributed by atoms with Crippen molar-refractivity contribution in [2.45, 2.75) is 25.7 Å². The molecule has 3 aromatic rings. The zero-order valence-corrected chi connectivity index (χ0v) is 22.2. The van der Waals surface area contributed by atoms with Gasteiger partial charge in [0.05, 0.1) is 19.8 Å². The van der Waals surface area contributed by atoms with Gasteiger partial charge in [-0.05, 0) is 43.1 Å². The molecule has 180 valence electrons. The number of halogens is 1. The number of ether oxygens (including phenoxy) is 2. The van der Waals surface area contributed by atoms with Crippen LogP contribution in [0.4, 0.5) is 5.13 Å². The molecule has 0 saturated carbocycles. The zero-order valence-electron chi connectivity index (χ0n) is 19.8. The van der Waals surface area contributed by atoms with E-state index in [0.29, 0.717) is 28.5 Å². The van der Waals surface area contributed by atoms with Crippen LogP contribution in [0.2, 0.25) is 0 Å². The van der Waals surface area contributed by atoms with Gasteiger partial charge in [-0.25, -0.2) is 4.98 Å². The molecule has 0 saturated heterocycles. The van der Waals surface area contributed by atoms with Crippen LogP contribution in [0.3, 0.4) is 0 Å². The largest absolute Gasteiger partial charge is 0.495 e. The van der Waals surface area contributed by atoms with Crippen LogP contribution >= 0.6 is 35.5 Å². The summed E-state index contributed by atoms with van der Waals surface area (Å²) in [6, 6.07) is 11.5. The van der Waals surface area contributed by atoms with Crippen molar-refractivity contribution >= 4 is 56.8 Å². The smallest absolute Gasteiger partial charge is 0.261 e. The summed E-state index contributed by atoms with van der Waals surface area (Å²) in [6.07, 6.45) is 0. The van der Waals surface area contributed by atoms with Gasteiger partial charge < -0.3 is 14.4 Å². The topological polar surface area (TPSA) is 54.9 Å². The second kappa shape index (κ2) is 13.0. The number of carbonyl (C=O) groups excluding carboxylic acids is 1. The fraction of sp³-hybridized carbons (Fsp3) is 0.417. The summed E-state index contributed by atoms with van der Waals surface area (Å²) in [5, 5.41) is 0.649. The Hall–Kier alpha value is -2.00. The number of thiazole rings is 1. The number of amides is 1. The highest BCUT2D eigenvalue weighted by Crippen LogP contribution is 2.40. The molecule has 9 heteroatoms. The number of nitrogens with zero attached hydrogens (tertiary/aromatic N) is 3. The van der Waals surface area contributed by atoms with Crippen molar-refractivity contribution in [2.24, 2.45) is 0 Å². The lowest BCUT2D eigenvalue weighted by Gasteiger charge is -2.25. The van der Waals surface area contributed by atoms with Gasteiger partial charge in [-0.1, -0.05) is 44.2 Å². The van der Waals surface area contributed by atoms with Crippen LogP contribution in [0, 0.1) is 0 Å². The molecule has 0 N–H and O–H groups in total. The van der Waals surface area contributed by atoms with Crippen molar-refractivity contribution in [3.05, 3.63) is 42.0 Å². The van der Waals surface area contributed by atoms with Gasteiger partial charge in [-0.3, -0.25) is 9.69 Å². The van der Waals surface area contributed by atoms with E-state index in [1.807, 2.05) is 36.4 Å². The number of carbonyl (C=O) groups is 1. The van der Waals surface area contributed by atoms with E-state index in [1.165, 1.54) is 11.3 Å². The molecule has 0 aliphatic heterocycles. The Kier molecular flexibility index (Phi) is 10.8. The van der Waals surface area contributed by atoms with E-state index >= 15 is 0 Å². The maximum atomic E-state index is 13.8. The molecular weight excluding hydrogens is 478 g/mol. The highest BCUT2D eigenvalue weighted by molar-refractivity contribution is 7.99. The third-order valence-electron chi connectivity index (χ3n) is 5.33. The predicted octanol–water partition coefficient (Wildman–Crippen LogP) is 5.84. The van der Waals surface area contributed by atoms with Gasteiger partial charge in [0.2, 0.25) is 0 Å². The van der Waals surface area contributed by atoms with Crippen molar-refractivity contribution in [3.63, 3.8) is 0 Å². The van der Waals surface area contributed by atoms with Crippen LogP contribution in [0.15, 0.2) is 41.3 Å². The molecule has 6 nitrogen and oxygen atoms in total. The van der Waals surface area contributed by atoms with Gasteiger partial charge in [0.15, 0.2) is 5.13 Å². The third kappa shape index (κ3) is 6.12. The van der Waals surface area contributed by atoms with E-state index in [4.69, 9.17) is 14.5 Å². The van der Waals surface area contributed by atoms with E-state index in [0.717, 1.165) is 40.7 Å². The quantitative estimate of drug-likeness (QED) is 0.303. The Bertz CT molecular complexity index is 1020. The number of thioether (sulfide) groups is 1.